The number of rotatable bonds is 6. The Hall–Kier alpha value is -7.14. The molecule has 3 heteroatoms. The molecule has 0 N–H and O–H groups in total. The summed E-state index contributed by atoms with van der Waals surface area (Å²) in [7, 11) is 0. The molecule has 3 heterocycles. The Labute approximate surface area is 377 Å². The maximum absolute atomic E-state index is 2.40. The van der Waals surface area contributed by atoms with Gasteiger partial charge in [0.2, 0.25) is 0 Å². The molecule has 0 aliphatic rings. The van der Waals surface area contributed by atoms with Gasteiger partial charge < -0.3 is 0 Å². The third kappa shape index (κ3) is 6.39. The van der Waals surface area contributed by atoms with Crippen LogP contribution in [0.2, 0.25) is 0 Å². The van der Waals surface area contributed by atoms with Crippen LogP contribution in [0.5, 0.6) is 0 Å². The van der Waals surface area contributed by atoms with E-state index in [1.165, 1.54) is 127 Å². The lowest BCUT2D eigenvalue weighted by atomic mass is 9.93. The zero-order valence-electron chi connectivity index (χ0n) is 34.0. The highest BCUT2D eigenvalue weighted by molar-refractivity contribution is 7.26. The summed E-state index contributed by atoms with van der Waals surface area (Å²) < 4.78 is 7.98. The van der Waals surface area contributed by atoms with Crippen LogP contribution in [-0.4, -0.2) is 0 Å². The molecule has 0 nitrogen and oxygen atoms in total. The highest BCUT2D eigenvalue weighted by Crippen LogP contribution is 2.42. The smallest absolute Gasteiger partial charge is 0.0355 e. The van der Waals surface area contributed by atoms with Gasteiger partial charge in [-0.15, -0.1) is 34.0 Å². The van der Waals surface area contributed by atoms with E-state index in [1.807, 2.05) is 34.0 Å². The first kappa shape index (κ1) is 36.5. The van der Waals surface area contributed by atoms with Gasteiger partial charge in [0.1, 0.15) is 0 Å². The second kappa shape index (κ2) is 14.8. The topological polar surface area (TPSA) is 0 Å². The molecule has 0 fully saturated rings. The molecular weight excluding hydrogens is 817 g/mol. The van der Waals surface area contributed by atoms with Crippen LogP contribution in [0.15, 0.2) is 218 Å². The molecule has 13 rings (SSSR count). The first-order valence-electron chi connectivity index (χ1n) is 21.4. The highest BCUT2D eigenvalue weighted by atomic mass is 32.1. The number of hydrogen-bond donors (Lipinski definition) is 0. The summed E-state index contributed by atoms with van der Waals surface area (Å²) in [6, 6.07) is 81.2. The van der Waals surface area contributed by atoms with Crippen LogP contribution in [0.1, 0.15) is 0 Å². The molecule has 0 aliphatic heterocycles. The summed E-state index contributed by atoms with van der Waals surface area (Å²) >= 11 is 5.61. The van der Waals surface area contributed by atoms with Crippen LogP contribution in [0, 0.1) is 0 Å². The van der Waals surface area contributed by atoms with Gasteiger partial charge >= 0.3 is 0 Å². The molecule has 3 aromatic heterocycles. The van der Waals surface area contributed by atoms with Gasteiger partial charge in [-0.1, -0.05) is 133 Å². The van der Waals surface area contributed by atoms with Gasteiger partial charge in [0.05, 0.1) is 0 Å². The molecule has 63 heavy (non-hydrogen) atoms. The third-order valence-corrected chi connectivity index (χ3v) is 16.1. The molecule has 0 aliphatic carbocycles. The third-order valence-electron chi connectivity index (χ3n) is 12.7. The van der Waals surface area contributed by atoms with Crippen molar-refractivity contribution in [3.05, 3.63) is 218 Å². The van der Waals surface area contributed by atoms with Gasteiger partial charge in [-0.05, 0) is 152 Å². The van der Waals surface area contributed by atoms with Crippen LogP contribution in [-0.2, 0) is 0 Å². The maximum atomic E-state index is 2.40. The molecule has 0 spiro atoms. The van der Waals surface area contributed by atoms with Gasteiger partial charge in [0, 0.05) is 60.5 Å². The molecule has 0 unspecified atom stereocenters. The number of thiophene rings is 3. The van der Waals surface area contributed by atoms with Crippen molar-refractivity contribution in [2.45, 2.75) is 0 Å². The molecule has 0 radical (unpaired) electrons. The maximum Gasteiger partial charge on any atom is 0.0355 e. The summed E-state index contributed by atoms with van der Waals surface area (Å²) in [4.78, 5) is 0. The molecule has 0 saturated heterocycles. The molecule has 0 amide bonds. The number of benzene rings is 10. The van der Waals surface area contributed by atoms with Crippen molar-refractivity contribution < 1.29 is 0 Å². The van der Waals surface area contributed by atoms with Crippen LogP contribution < -0.4 is 0 Å². The average Bonchev–Trinajstić information content (AvgIpc) is 4.04. The Kier molecular flexibility index (Phi) is 8.55. The minimum absolute atomic E-state index is 1.21. The van der Waals surface area contributed by atoms with Gasteiger partial charge in [-0.2, -0.15) is 0 Å². The molecule has 294 valence electrons. The van der Waals surface area contributed by atoms with Crippen molar-refractivity contribution in [1.29, 1.82) is 0 Å². The summed E-state index contributed by atoms with van der Waals surface area (Å²) in [5.41, 5.74) is 14.7. The van der Waals surface area contributed by atoms with Gasteiger partial charge in [-0.3, -0.25) is 0 Å². The van der Waals surface area contributed by atoms with Gasteiger partial charge in [0.15, 0.2) is 0 Å². The molecule has 0 bridgehead atoms. The fourth-order valence-corrected chi connectivity index (χ4v) is 12.7. The van der Waals surface area contributed by atoms with E-state index in [0.717, 1.165) is 0 Å². The molecule has 10 aromatic carbocycles. The fraction of sp³-hybridized carbons (Fsp3) is 0. The van der Waals surface area contributed by atoms with Gasteiger partial charge in [0.25, 0.3) is 0 Å². The number of fused-ring (bicyclic) bond motifs is 9. The van der Waals surface area contributed by atoms with Crippen molar-refractivity contribution in [2.75, 3.05) is 0 Å². The zero-order valence-corrected chi connectivity index (χ0v) is 36.5. The lowest BCUT2D eigenvalue weighted by Crippen LogP contribution is -1.85. The van der Waals surface area contributed by atoms with Crippen LogP contribution >= 0.6 is 34.0 Å². The van der Waals surface area contributed by atoms with Gasteiger partial charge in [-0.25, -0.2) is 0 Å². The average molecular weight is 853 g/mol. The standard InChI is InChI=1S/C60H36S3/c1-3-19-55-49(17-1)51-33-45(21-25-57(51)61-55)43-15-7-13-41(31-43)39-11-5-9-37(29-39)38-10-6-12-40(30-38)42-14-8-16-44(32-42)46-22-27-59-53(35-46)54-36-48(24-28-60(54)63-59)47-23-26-58-52(34-47)50-18-2-4-20-56(50)62-58/h1-36H. The SMILES string of the molecule is c1cc(-c2cccc(-c3cccc(-c4ccc5sc6ccc(-c7ccc8sc9ccccc9c8c7)cc6c5c4)c3)c2)cc(-c2cccc(-c3ccc4sc5ccccc5c4c3)c2)c1. The van der Waals surface area contributed by atoms with Crippen LogP contribution in [0.4, 0.5) is 0 Å². The van der Waals surface area contributed by atoms with Crippen molar-refractivity contribution >= 4 is 94.5 Å². The second-order valence-corrected chi connectivity index (χ2v) is 19.7. The van der Waals surface area contributed by atoms with E-state index in [4.69, 9.17) is 0 Å². The predicted molar refractivity (Wildman–Crippen MR) is 278 cm³/mol. The van der Waals surface area contributed by atoms with E-state index < -0.39 is 0 Å². The van der Waals surface area contributed by atoms with E-state index >= 15 is 0 Å². The minimum Gasteiger partial charge on any atom is -0.135 e. The monoisotopic (exact) mass is 852 g/mol. The lowest BCUT2D eigenvalue weighted by Gasteiger charge is -2.11. The Morgan fingerprint density at radius 3 is 0.667 bits per heavy atom. The summed E-state index contributed by atoms with van der Waals surface area (Å²) in [6.45, 7) is 0. The summed E-state index contributed by atoms with van der Waals surface area (Å²) in [6.07, 6.45) is 0. The van der Waals surface area contributed by atoms with Crippen LogP contribution in [0.3, 0.4) is 0 Å². The van der Waals surface area contributed by atoms with E-state index in [1.54, 1.807) is 0 Å². The quantitative estimate of drug-likeness (QED) is 0.156. The first-order valence-corrected chi connectivity index (χ1v) is 23.8. The first-order chi connectivity index (χ1) is 31.1. The Balaban J connectivity index is 0.805. The molecule has 13 aromatic rings. The molecule has 0 atom stereocenters. The van der Waals surface area contributed by atoms with Crippen molar-refractivity contribution in [1.82, 2.24) is 0 Å². The van der Waals surface area contributed by atoms with E-state index in [0.29, 0.717) is 0 Å². The summed E-state index contributed by atoms with van der Waals surface area (Å²) in [5.74, 6) is 0. The molecule has 0 saturated carbocycles. The normalized spacial score (nSPS) is 11.8. The Morgan fingerprint density at radius 1 is 0.159 bits per heavy atom. The molecular formula is C60H36S3. The Morgan fingerprint density at radius 2 is 0.381 bits per heavy atom. The van der Waals surface area contributed by atoms with E-state index in [2.05, 4.69) is 218 Å². The predicted octanol–water partition coefficient (Wildman–Crippen LogP) is 18.8. The minimum atomic E-state index is 1.21. The lowest BCUT2D eigenvalue weighted by molar-refractivity contribution is 1.56. The van der Waals surface area contributed by atoms with E-state index in [-0.39, 0.29) is 0 Å². The van der Waals surface area contributed by atoms with Crippen molar-refractivity contribution in [3.8, 4) is 66.8 Å². The van der Waals surface area contributed by atoms with Crippen molar-refractivity contribution in [3.63, 3.8) is 0 Å². The Bertz CT molecular complexity index is 3930. The van der Waals surface area contributed by atoms with Crippen LogP contribution in [0.25, 0.3) is 127 Å². The van der Waals surface area contributed by atoms with Crippen molar-refractivity contribution in [2.24, 2.45) is 0 Å². The second-order valence-electron chi connectivity index (χ2n) is 16.5. The fourth-order valence-electron chi connectivity index (χ4n) is 9.46. The largest absolute Gasteiger partial charge is 0.135 e. The number of hydrogen-bond acceptors (Lipinski definition) is 3. The zero-order chi connectivity index (χ0) is 41.4. The van der Waals surface area contributed by atoms with E-state index in [9.17, 15) is 0 Å². The highest BCUT2D eigenvalue weighted by Gasteiger charge is 2.13. The summed E-state index contributed by atoms with van der Waals surface area (Å²) in [5, 5.41) is 7.96.